The standard InChI is InChI=1S/C17H22N4/c1-13(2)18-10-15-11-20-17(12-19-15)21-9-5-7-14-6-3-4-8-16(14)21/h3-4,6,8,11-13,18H,5,7,9-10H2,1-2H3. The zero-order chi connectivity index (χ0) is 14.7. The van der Waals surface area contributed by atoms with Crippen molar-refractivity contribution in [2.24, 2.45) is 0 Å². The summed E-state index contributed by atoms with van der Waals surface area (Å²) in [6.07, 6.45) is 6.08. The zero-order valence-electron chi connectivity index (χ0n) is 12.7. The van der Waals surface area contributed by atoms with Crippen LogP contribution in [0.4, 0.5) is 11.5 Å². The zero-order valence-corrected chi connectivity index (χ0v) is 12.7. The molecule has 0 aliphatic carbocycles. The van der Waals surface area contributed by atoms with E-state index in [-0.39, 0.29) is 0 Å². The van der Waals surface area contributed by atoms with E-state index in [0.717, 1.165) is 37.4 Å². The predicted molar refractivity (Wildman–Crippen MR) is 85.8 cm³/mol. The monoisotopic (exact) mass is 282 g/mol. The van der Waals surface area contributed by atoms with Crippen molar-refractivity contribution in [3.63, 3.8) is 0 Å². The van der Waals surface area contributed by atoms with Gasteiger partial charge in [0, 0.05) is 24.8 Å². The van der Waals surface area contributed by atoms with Gasteiger partial charge < -0.3 is 10.2 Å². The maximum atomic E-state index is 4.60. The first-order valence-corrected chi connectivity index (χ1v) is 7.64. The van der Waals surface area contributed by atoms with Crippen LogP contribution in [-0.4, -0.2) is 22.6 Å². The maximum Gasteiger partial charge on any atom is 0.151 e. The van der Waals surface area contributed by atoms with Gasteiger partial charge in [-0.15, -0.1) is 0 Å². The lowest BCUT2D eigenvalue weighted by Gasteiger charge is -2.30. The molecular formula is C17H22N4. The van der Waals surface area contributed by atoms with Crippen LogP contribution in [-0.2, 0) is 13.0 Å². The van der Waals surface area contributed by atoms with Crippen molar-refractivity contribution in [3.8, 4) is 0 Å². The molecule has 0 spiro atoms. The van der Waals surface area contributed by atoms with E-state index in [0.29, 0.717) is 6.04 Å². The molecule has 4 nitrogen and oxygen atoms in total. The van der Waals surface area contributed by atoms with Gasteiger partial charge in [-0.3, -0.25) is 4.98 Å². The lowest BCUT2D eigenvalue weighted by atomic mass is 10.0. The van der Waals surface area contributed by atoms with Crippen LogP contribution in [0.25, 0.3) is 0 Å². The van der Waals surface area contributed by atoms with Crippen molar-refractivity contribution in [3.05, 3.63) is 47.9 Å². The van der Waals surface area contributed by atoms with Gasteiger partial charge >= 0.3 is 0 Å². The Morgan fingerprint density at radius 1 is 1.19 bits per heavy atom. The molecule has 1 aromatic carbocycles. The Bertz CT molecular complexity index is 592. The SMILES string of the molecule is CC(C)NCc1cnc(N2CCCc3ccccc32)cn1. The van der Waals surface area contributed by atoms with Gasteiger partial charge in [-0.25, -0.2) is 4.98 Å². The number of aryl methyl sites for hydroxylation is 1. The average Bonchev–Trinajstić information content (AvgIpc) is 2.53. The summed E-state index contributed by atoms with van der Waals surface area (Å²) in [5.41, 5.74) is 3.65. The second-order valence-corrected chi connectivity index (χ2v) is 5.79. The van der Waals surface area contributed by atoms with E-state index >= 15 is 0 Å². The van der Waals surface area contributed by atoms with Gasteiger partial charge in [0.2, 0.25) is 0 Å². The topological polar surface area (TPSA) is 41.1 Å². The Hall–Kier alpha value is -1.94. The van der Waals surface area contributed by atoms with Gasteiger partial charge in [-0.05, 0) is 24.5 Å². The molecule has 0 amide bonds. The lowest BCUT2D eigenvalue weighted by molar-refractivity contribution is 0.580. The molecular weight excluding hydrogens is 260 g/mol. The van der Waals surface area contributed by atoms with Crippen molar-refractivity contribution in [1.29, 1.82) is 0 Å². The number of rotatable bonds is 4. The molecule has 1 N–H and O–H groups in total. The second-order valence-electron chi connectivity index (χ2n) is 5.79. The molecule has 2 heterocycles. The van der Waals surface area contributed by atoms with Gasteiger partial charge in [-0.1, -0.05) is 32.0 Å². The molecule has 0 unspecified atom stereocenters. The Labute approximate surface area is 126 Å². The van der Waals surface area contributed by atoms with Crippen molar-refractivity contribution >= 4 is 11.5 Å². The predicted octanol–water partition coefficient (Wildman–Crippen LogP) is 3.06. The Morgan fingerprint density at radius 2 is 2.05 bits per heavy atom. The minimum Gasteiger partial charge on any atom is -0.325 e. The summed E-state index contributed by atoms with van der Waals surface area (Å²) >= 11 is 0. The molecule has 0 bridgehead atoms. The summed E-state index contributed by atoms with van der Waals surface area (Å²) < 4.78 is 0. The first-order chi connectivity index (χ1) is 10.2. The summed E-state index contributed by atoms with van der Waals surface area (Å²) in [7, 11) is 0. The van der Waals surface area contributed by atoms with Crippen LogP contribution in [0.3, 0.4) is 0 Å². The van der Waals surface area contributed by atoms with Gasteiger partial charge in [0.1, 0.15) is 0 Å². The summed E-state index contributed by atoms with van der Waals surface area (Å²) in [5, 5.41) is 3.36. The maximum absolute atomic E-state index is 4.60. The minimum absolute atomic E-state index is 0.459. The molecule has 110 valence electrons. The van der Waals surface area contributed by atoms with Crippen molar-refractivity contribution in [2.75, 3.05) is 11.4 Å². The van der Waals surface area contributed by atoms with Gasteiger partial charge in [0.15, 0.2) is 5.82 Å². The van der Waals surface area contributed by atoms with E-state index in [1.165, 1.54) is 11.3 Å². The molecule has 3 rings (SSSR count). The molecule has 0 saturated heterocycles. The molecule has 1 aliphatic rings. The van der Waals surface area contributed by atoms with E-state index in [4.69, 9.17) is 0 Å². The largest absolute Gasteiger partial charge is 0.325 e. The number of anilines is 2. The van der Waals surface area contributed by atoms with E-state index in [2.05, 4.69) is 58.3 Å². The quantitative estimate of drug-likeness (QED) is 0.935. The van der Waals surface area contributed by atoms with Gasteiger partial charge in [-0.2, -0.15) is 0 Å². The van der Waals surface area contributed by atoms with Gasteiger partial charge in [0.05, 0.1) is 18.1 Å². The number of fused-ring (bicyclic) bond motifs is 1. The molecule has 21 heavy (non-hydrogen) atoms. The Morgan fingerprint density at radius 3 is 2.81 bits per heavy atom. The molecule has 4 heteroatoms. The third-order valence-electron chi connectivity index (χ3n) is 3.77. The number of para-hydroxylation sites is 1. The lowest BCUT2D eigenvalue weighted by Crippen LogP contribution is -2.26. The molecule has 2 aromatic rings. The first kappa shape index (κ1) is 14.0. The number of aromatic nitrogens is 2. The van der Waals surface area contributed by atoms with E-state index in [1.807, 2.05) is 12.4 Å². The normalized spacial score (nSPS) is 14.3. The van der Waals surface area contributed by atoms with Crippen LogP contribution in [0.2, 0.25) is 0 Å². The minimum atomic E-state index is 0.459. The average molecular weight is 282 g/mol. The van der Waals surface area contributed by atoms with E-state index in [1.54, 1.807) is 0 Å². The fraction of sp³-hybridized carbons (Fsp3) is 0.412. The number of benzene rings is 1. The van der Waals surface area contributed by atoms with Crippen LogP contribution in [0.15, 0.2) is 36.7 Å². The number of nitrogens with one attached hydrogen (secondary N) is 1. The Balaban J connectivity index is 1.79. The molecule has 1 aliphatic heterocycles. The highest BCUT2D eigenvalue weighted by Gasteiger charge is 2.18. The third kappa shape index (κ3) is 3.22. The van der Waals surface area contributed by atoms with Crippen LogP contribution in [0.5, 0.6) is 0 Å². The molecule has 0 fully saturated rings. The molecule has 1 aromatic heterocycles. The van der Waals surface area contributed by atoms with Crippen LogP contribution >= 0.6 is 0 Å². The fourth-order valence-corrected chi connectivity index (χ4v) is 2.66. The number of hydrogen-bond acceptors (Lipinski definition) is 4. The highest BCUT2D eigenvalue weighted by molar-refractivity contribution is 5.64. The fourth-order valence-electron chi connectivity index (χ4n) is 2.66. The third-order valence-corrected chi connectivity index (χ3v) is 3.77. The summed E-state index contributed by atoms with van der Waals surface area (Å²) in [5.74, 6) is 0.940. The molecule has 0 saturated carbocycles. The smallest absolute Gasteiger partial charge is 0.151 e. The number of hydrogen-bond donors (Lipinski definition) is 1. The Kier molecular flexibility index (Phi) is 4.15. The number of nitrogens with zero attached hydrogens (tertiary/aromatic N) is 3. The van der Waals surface area contributed by atoms with Crippen molar-refractivity contribution < 1.29 is 0 Å². The molecule has 0 atom stereocenters. The van der Waals surface area contributed by atoms with Crippen molar-refractivity contribution in [1.82, 2.24) is 15.3 Å². The highest BCUT2D eigenvalue weighted by atomic mass is 15.2. The van der Waals surface area contributed by atoms with Crippen LogP contribution < -0.4 is 10.2 Å². The van der Waals surface area contributed by atoms with Crippen molar-refractivity contribution in [2.45, 2.75) is 39.3 Å². The van der Waals surface area contributed by atoms with Crippen LogP contribution in [0, 0.1) is 0 Å². The van der Waals surface area contributed by atoms with E-state index < -0.39 is 0 Å². The van der Waals surface area contributed by atoms with Gasteiger partial charge in [0.25, 0.3) is 0 Å². The first-order valence-electron chi connectivity index (χ1n) is 7.64. The summed E-state index contributed by atoms with van der Waals surface area (Å²) in [4.78, 5) is 11.4. The summed E-state index contributed by atoms with van der Waals surface area (Å²) in [6, 6.07) is 9.03. The van der Waals surface area contributed by atoms with Crippen LogP contribution in [0.1, 0.15) is 31.5 Å². The van der Waals surface area contributed by atoms with E-state index in [9.17, 15) is 0 Å². The molecule has 0 radical (unpaired) electrons. The highest BCUT2D eigenvalue weighted by Crippen LogP contribution is 2.31. The summed E-state index contributed by atoms with van der Waals surface area (Å²) in [6.45, 7) is 6.04. The second kappa shape index (κ2) is 6.22.